The Bertz CT molecular complexity index is 470. The molecular weight excluding hydrogens is 262 g/mol. The highest BCUT2D eigenvalue weighted by Crippen LogP contribution is 2.37. The molecule has 0 aliphatic heterocycles. The Morgan fingerprint density at radius 2 is 2.10 bits per heavy atom. The summed E-state index contributed by atoms with van der Waals surface area (Å²) in [5, 5.41) is 17.5. The molecule has 1 atom stereocenters. The van der Waals surface area contributed by atoms with Gasteiger partial charge in [-0.15, -0.1) is 0 Å². The van der Waals surface area contributed by atoms with Crippen LogP contribution in [0.25, 0.3) is 0 Å². The minimum absolute atomic E-state index is 0.171. The van der Waals surface area contributed by atoms with Gasteiger partial charge in [0.05, 0.1) is 19.3 Å². The highest BCUT2D eigenvalue weighted by atomic mass is 16.3. The van der Waals surface area contributed by atoms with Crippen molar-refractivity contribution in [3.63, 3.8) is 0 Å². The Morgan fingerprint density at radius 1 is 1.33 bits per heavy atom. The number of hydrogen-bond acceptors (Lipinski definition) is 3. The molecule has 4 nitrogen and oxygen atoms in total. The maximum atomic E-state index is 9.14. The number of aromatic nitrogens is 2. The van der Waals surface area contributed by atoms with E-state index in [4.69, 9.17) is 5.11 Å². The maximum Gasteiger partial charge on any atom is 0.0644 e. The van der Waals surface area contributed by atoms with Crippen LogP contribution in [0.15, 0.2) is 6.20 Å². The molecule has 1 aromatic rings. The largest absolute Gasteiger partial charge is 0.394 e. The molecule has 0 saturated heterocycles. The second-order valence-corrected chi connectivity index (χ2v) is 7.54. The normalized spacial score (nSPS) is 25.8. The molecule has 118 valence electrons. The molecule has 21 heavy (non-hydrogen) atoms. The second kappa shape index (κ2) is 6.09. The molecule has 0 spiro atoms. The van der Waals surface area contributed by atoms with Crippen LogP contribution in [0, 0.1) is 5.41 Å². The summed E-state index contributed by atoms with van der Waals surface area (Å²) < 4.78 is 1.99. The Balaban J connectivity index is 1.66. The fourth-order valence-corrected chi connectivity index (χ4v) is 3.93. The lowest BCUT2D eigenvalue weighted by molar-refractivity contribution is 0.194. The van der Waals surface area contributed by atoms with Crippen molar-refractivity contribution in [2.75, 3.05) is 6.61 Å². The van der Waals surface area contributed by atoms with Crippen LogP contribution in [0.5, 0.6) is 0 Å². The fourth-order valence-electron chi connectivity index (χ4n) is 3.93. The van der Waals surface area contributed by atoms with Gasteiger partial charge in [-0.25, -0.2) is 0 Å². The van der Waals surface area contributed by atoms with E-state index in [2.05, 4.69) is 24.3 Å². The van der Waals surface area contributed by atoms with Crippen molar-refractivity contribution in [2.45, 2.75) is 77.4 Å². The minimum atomic E-state index is 0.171. The standard InChI is InChI=1S/C17H29N3O/c1-17(2)8-6-13(7-9-17)19-15-4-3-5-16-14(15)12-18-20(16)10-11-21/h12-13,15,19,21H,3-11H2,1-2H3. The van der Waals surface area contributed by atoms with E-state index in [0.29, 0.717) is 24.0 Å². The van der Waals surface area contributed by atoms with Crippen molar-refractivity contribution in [1.29, 1.82) is 0 Å². The first-order chi connectivity index (χ1) is 10.1. The number of nitrogens with zero attached hydrogens (tertiary/aromatic N) is 2. The van der Waals surface area contributed by atoms with Gasteiger partial charge in [0.15, 0.2) is 0 Å². The van der Waals surface area contributed by atoms with Gasteiger partial charge in [0.25, 0.3) is 0 Å². The van der Waals surface area contributed by atoms with Crippen LogP contribution in [0.2, 0.25) is 0 Å². The molecule has 1 aromatic heterocycles. The minimum Gasteiger partial charge on any atom is -0.394 e. The molecule has 4 heteroatoms. The Labute approximate surface area is 127 Å². The molecule has 2 N–H and O–H groups in total. The summed E-state index contributed by atoms with van der Waals surface area (Å²) in [7, 11) is 0. The Hall–Kier alpha value is -0.870. The predicted molar refractivity (Wildman–Crippen MR) is 84.2 cm³/mol. The molecular formula is C17H29N3O. The SMILES string of the molecule is CC1(C)CCC(NC2CCCc3c2cnn3CCO)CC1. The van der Waals surface area contributed by atoms with Crippen LogP contribution < -0.4 is 5.32 Å². The van der Waals surface area contributed by atoms with E-state index in [1.165, 1.54) is 49.8 Å². The number of aliphatic hydroxyl groups excluding tert-OH is 1. The molecule has 2 aliphatic rings. The van der Waals surface area contributed by atoms with Gasteiger partial charge in [-0.3, -0.25) is 4.68 Å². The fraction of sp³-hybridized carbons (Fsp3) is 0.824. The van der Waals surface area contributed by atoms with Gasteiger partial charge in [0.2, 0.25) is 0 Å². The van der Waals surface area contributed by atoms with Crippen LogP contribution in [0.3, 0.4) is 0 Å². The lowest BCUT2D eigenvalue weighted by Gasteiger charge is -2.37. The molecule has 0 bridgehead atoms. The van der Waals surface area contributed by atoms with Gasteiger partial charge in [-0.05, 0) is 50.4 Å². The van der Waals surface area contributed by atoms with E-state index >= 15 is 0 Å². The summed E-state index contributed by atoms with van der Waals surface area (Å²) in [6, 6.07) is 1.13. The van der Waals surface area contributed by atoms with Gasteiger partial charge in [0.1, 0.15) is 0 Å². The molecule has 1 heterocycles. The zero-order valence-corrected chi connectivity index (χ0v) is 13.4. The summed E-state index contributed by atoms with van der Waals surface area (Å²) in [5.74, 6) is 0. The zero-order valence-electron chi connectivity index (χ0n) is 13.4. The van der Waals surface area contributed by atoms with Crippen LogP contribution >= 0.6 is 0 Å². The molecule has 1 saturated carbocycles. The van der Waals surface area contributed by atoms with Gasteiger partial charge < -0.3 is 10.4 Å². The van der Waals surface area contributed by atoms with Gasteiger partial charge in [-0.2, -0.15) is 5.10 Å². The maximum absolute atomic E-state index is 9.14. The third-order valence-electron chi connectivity index (χ3n) is 5.35. The molecule has 1 unspecified atom stereocenters. The van der Waals surface area contributed by atoms with E-state index in [-0.39, 0.29) is 6.61 Å². The molecule has 2 aliphatic carbocycles. The van der Waals surface area contributed by atoms with E-state index < -0.39 is 0 Å². The first-order valence-corrected chi connectivity index (χ1v) is 8.50. The Morgan fingerprint density at radius 3 is 2.81 bits per heavy atom. The van der Waals surface area contributed by atoms with Crippen molar-refractivity contribution < 1.29 is 5.11 Å². The van der Waals surface area contributed by atoms with Crippen molar-refractivity contribution in [3.8, 4) is 0 Å². The molecule has 3 rings (SSSR count). The number of aliphatic hydroxyl groups is 1. The van der Waals surface area contributed by atoms with Crippen LogP contribution in [-0.4, -0.2) is 27.5 Å². The van der Waals surface area contributed by atoms with E-state index in [0.717, 1.165) is 6.42 Å². The topological polar surface area (TPSA) is 50.1 Å². The quantitative estimate of drug-likeness (QED) is 0.897. The summed E-state index contributed by atoms with van der Waals surface area (Å²) in [6.45, 7) is 5.57. The summed E-state index contributed by atoms with van der Waals surface area (Å²) >= 11 is 0. The molecule has 0 aromatic carbocycles. The molecule has 0 radical (unpaired) electrons. The van der Waals surface area contributed by atoms with E-state index in [1.54, 1.807) is 0 Å². The van der Waals surface area contributed by atoms with Crippen molar-refractivity contribution in [1.82, 2.24) is 15.1 Å². The lowest BCUT2D eigenvalue weighted by Crippen LogP contribution is -2.38. The van der Waals surface area contributed by atoms with E-state index in [1.807, 2.05) is 10.9 Å². The van der Waals surface area contributed by atoms with Crippen molar-refractivity contribution in [2.24, 2.45) is 5.41 Å². The first kappa shape index (κ1) is 15.0. The van der Waals surface area contributed by atoms with Gasteiger partial charge in [-0.1, -0.05) is 13.8 Å². The Kier molecular flexibility index (Phi) is 4.36. The smallest absolute Gasteiger partial charge is 0.0644 e. The number of nitrogens with one attached hydrogen (secondary N) is 1. The third-order valence-corrected chi connectivity index (χ3v) is 5.35. The average molecular weight is 291 g/mol. The predicted octanol–water partition coefficient (Wildman–Crippen LogP) is 2.81. The molecule has 1 fully saturated rings. The molecule has 0 amide bonds. The zero-order chi connectivity index (χ0) is 14.9. The number of hydrogen-bond donors (Lipinski definition) is 2. The van der Waals surface area contributed by atoms with E-state index in [9.17, 15) is 0 Å². The first-order valence-electron chi connectivity index (χ1n) is 8.50. The van der Waals surface area contributed by atoms with Crippen molar-refractivity contribution in [3.05, 3.63) is 17.5 Å². The second-order valence-electron chi connectivity index (χ2n) is 7.54. The lowest BCUT2D eigenvalue weighted by atomic mass is 9.75. The highest BCUT2D eigenvalue weighted by Gasteiger charge is 2.30. The average Bonchev–Trinajstić information content (AvgIpc) is 2.86. The highest BCUT2D eigenvalue weighted by molar-refractivity contribution is 5.25. The number of fused-ring (bicyclic) bond motifs is 1. The summed E-state index contributed by atoms with van der Waals surface area (Å²) in [6.07, 6.45) is 10.8. The number of rotatable bonds is 4. The summed E-state index contributed by atoms with van der Waals surface area (Å²) in [5.41, 5.74) is 3.24. The van der Waals surface area contributed by atoms with Gasteiger partial charge in [0, 0.05) is 23.3 Å². The van der Waals surface area contributed by atoms with Crippen LogP contribution in [0.4, 0.5) is 0 Å². The summed E-state index contributed by atoms with van der Waals surface area (Å²) in [4.78, 5) is 0. The monoisotopic (exact) mass is 291 g/mol. The van der Waals surface area contributed by atoms with Crippen LogP contribution in [0.1, 0.15) is 69.7 Å². The van der Waals surface area contributed by atoms with Crippen molar-refractivity contribution >= 4 is 0 Å². The third kappa shape index (κ3) is 3.32. The van der Waals surface area contributed by atoms with Gasteiger partial charge >= 0.3 is 0 Å². The van der Waals surface area contributed by atoms with Crippen LogP contribution in [-0.2, 0) is 13.0 Å².